The van der Waals surface area contributed by atoms with Crippen LogP contribution in [0.25, 0.3) is 10.9 Å². The highest BCUT2D eigenvalue weighted by molar-refractivity contribution is 7.81. The molecule has 1 heterocycles. The molecule has 1 aromatic heterocycles. The van der Waals surface area contributed by atoms with Crippen molar-refractivity contribution in [3.05, 3.63) is 65.9 Å². The summed E-state index contributed by atoms with van der Waals surface area (Å²) >= 11 is 0. The molecule has 0 fully saturated rings. The monoisotopic (exact) mass is 545 g/mol. The van der Waals surface area contributed by atoms with Crippen LogP contribution in [-0.4, -0.2) is 60.9 Å². The molecule has 3 rings (SSSR count). The van der Waals surface area contributed by atoms with Crippen LogP contribution in [0, 0.1) is 5.92 Å². The first-order valence-corrected chi connectivity index (χ1v) is 13.8. The van der Waals surface area contributed by atoms with E-state index in [1.807, 2.05) is 49.5 Å². The quantitative estimate of drug-likeness (QED) is 0.219. The van der Waals surface area contributed by atoms with Crippen LogP contribution in [0.1, 0.15) is 37.8 Å². The molecule has 0 spiro atoms. The number of H-pyrrole nitrogens is 1. The number of amides is 1. The molecule has 11 heteroatoms. The Kier molecular flexibility index (Phi) is 9.90. The van der Waals surface area contributed by atoms with Crippen molar-refractivity contribution >= 4 is 33.2 Å². The lowest BCUT2D eigenvalue weighted by atomic mass is 9.97. The molecule has 206 valence electrons. The molecule has 3 atom stereocenters. The van der Waals surface area contributed by atoms with Crippen molar-refractivity contribution in [2.45, 2.75) is 51.8 Å². The Hall–Kier alpha value is -3.41. The fourth-order valence-electron chi connectivity index (χ4n) is 4.10. The number of aromatic amines is 1. The summed E-state index contributed by atoms with van der Waals surface area (Å²) in [6, 6.07) is 12.1. The van der Waals surface area contributed by atoms with E-state index in [4.69, 9.17) is 9.29 Å². The molecule has 38 heavy (non-hydrogen) atoms. The Morgan fingerprint density at radius 3 is 2.42 bits per heavy atom. The van der Waals surface area contributed by atoms with E-state index < -0.39 is 28.5 Å². The summed E-state index contributed by atoms with van der Waals surface area (Å²) < 4.78 is 40.5. The average Bonchev–Trinajstić information content (AvgIpc) is 3.27. The lowest BCUT2D eigenvalue weighted by molar-refractivity contribution is -0.149. The molecule has 0 radical (unpaired) electrons. The van der Waals surface area contributed by atoms with E-state index >= 15 is 0 Å². The van der Waals surface area contributed by atoms with Gasteiger partial charge in [0.1, 0.15) is 18.4 Å². The second kappa shape index (κ2) is 12.9. The van der Waals surface area contributed by atoms with Gasteiger partial charge in [-0.1, -0.05) is 50.6 Å². The predicted molar refractivity (Wildman–Crippen MR) is 144 cm³/mol. The molecular formula is C27H35N3O7S. The Morgan fingerprint density at radius 1 is 1.11 bits per heavy atom. The van der Waals surface area contributed by atoms with Gasteiger partial charge in [-0.2, -0.15) is 8.42 Å². The van der Waals surface area contributed by atoms with E-state index in [-0.39, 0.29) is 24.7 Å². The van der Waals surface area contributed by atoms with Crippen molar-refractivity contribution < 1.29 is 31.5 Å². The van der Waals surface area contributed by atoms with Crippen molar-refractivity contribution in [1.29, 1.82) is 0 Å². The first-order chi connectivity index (χ1) is 18.0. The molecule has 2 aromatic carbocycles. The number of rotatable bonds is 13. The first kappa shape index (κ1) is 29.2. The summed E-state index contributed by atoms with van der Waals surface area (Å²) in [5.41, 5.74) is 2.37. The maximum Gasteiger partial charge on any atom is 0.446 e. The third-order valence-corrected chi connectivity index (χ3v) is 6.86. The Bertz CT molecular complexity index is 1340. The van der Waals surface area contributed by atoms with Gasteiger partial charge in [-0.3, -0.25) is 14.2 Å². The number of ether oxygens (including phenoxy) is 1. The van der Waals surface area contributed by atoms with Crippen molar-refractivity contribution in [3.8, 4) is 5.75 Å². The van der Waals surface area contributed by atoms with Gasteiger partial charge >= 0.3 is 16.4 Å². The number of esters is 1. The van der Waals surface area contributed by atoms with E-state index in [1.165, 1.54) is 24.3 Å². The predicted octanol–water partition coefficient (Wildman–Crippen LogP) is 3.49. The Labute approximate surface area is 223 Å². The van der Waals surface area contributed by atoms with Crippen molar-refractivity contribution in [2.24, 2.45) is 5.92 Å². The zero-order valence-electron chi connectivity index (χ0n) is 22.0. The summed E-state index contributed by atoms with van der Waals surface area (Å²) in [4.78, 5) is 31.6. The van der Waals surface area contributed by atoms with Crippen LogP contribution < -0.4 is 9.50 Å². The fourth-order valence-corrected chi connectivity index (χ4v) is 4.45. The molecule has 0 bridgehead atoms. The number of aromatic nitrogens is 1. The minimum Gasteiger partial charge on any atom is -0.459 e. The third-order valence-electron chi connectivity index (χ3n) is 6.45. The minimum absolute atomic E-state index is 0.0805. The first-order valence-electron chi connectivity index (χ1n) is 12.4. The number of carbonyl (C=O) groups excluding carboxylic acids is 2. The summed E-state index contributed by atoms with van der Waals surface area (Å²) in [5.74, 6) is -0.588. The van der Waals surface area contributed by atoms with Gasteiger partial charge in [0, 0.05) is 23.5 Å². The normalized spacial score (nSPS) is 14.2. The maximum atomic E-state index is 13.3. The van der Waals surface area contributed by atoms with Crippen LogP contribution in [0.4, 0.5) is 0 Å². The lowest BCUT2D eigenvalue weighted by Crippen LogP contribution is -2.51. The highest BCUT2D eigenvalue weighted by Crippen LogP contribution is 2.21. The summed E-state index contributed by atoms with van der Waals surface area (Å²) in [6.45, 7) is 4.07. The number of carbonyl (C=O) groups is 2. The number of benzene rings is 2. The molecule has 0 saturated heterocycles. The second-order valence-corrected chi connectivity index (χ2v) is 10.6. The highest BCUT2D eigenvalue weighted by atomic mass is 32.3. The summed E-state index contributed by atoms with van der Waals surface area (Å²) in [6.07, 6.45) is 3.65. The van der Waals surface area contributed by atoms with Crippen LogP contribution in [0.3, 0.4) is 0 Å². The molecule has 0 saturated carbocycles. The summed E-state index contributed by atoms with van der Waals surface area (Å²) in [5, 5.41) is 3.87. The van der Waals surface area contributed by atoms with Crippen LogP contribution in [0.15, 0.2) is 54.7 Å². The maximum absolute atomic E-state index is 13.3. The smallest absolute Gasteiger partial charge is 0.446 e. The topological polar surface area (TPSA) is 138 Å². The van der Waals surface area contributed by atoms with Gasteiger partial charge < -0.3 is 19.2 Å². The van der Waals surface area contributed by atoms with E-state index in [0.29, 0.717) is 17.9 Å². The molecule has 0 aliphatic rings. The largest absolute Gasteiger partial charge is 0.459 e. The van der Waals surface area contributed by atoms with Gasteiger partial charge in [-0.15, -0.1) is 0 Å². The van der Waals surface area contributed by atoms with Crippen LogP contribution in [0.2, 0.25) is 0 Å². The number of hydrogen-bond donors (Lipinski definition) is 3. The molecule has 10 nitrogen and oxygen atoms in total. The molecule has 0 unspecified atom stereocenters. The van der Waals surface area contributed by atoms with Gasteiger partial charge in [0.25, 0.3) is 0 Å². The van der Waals surface area contributed by atoms with Crippen molar-refractivity contribution in [2.75, 3.05) is 14.1 Å². The SMILES string of the molecule is CC[C@H](C)C[C@@H](C(=O)N[C@@H](Cc1c[nH]c2ccccc12)C(=O)OCc1ccc(OS(=O)(=O)O)cc1)N(C)C. The van der Waals surface area contributed by atoms with E-state index in [1.54, 1.807) is 0 Å². The Morgan fingerprint density at radius 2 is 1.79 bits per heavy atom. The Balaban J connectivity index is 1.77. The molecule has 3 aromatic rings. The van der Waals surface area contributed by atoms with E-state index in [0.717, 1.165) is 22.9 Å². The van der Waals surface area contributed by atoms with Crippen molar-refractivity contribution in [3.63, 3.8) is 0 Å². The number of hydrogen-bond acceptors (Lipinski definition) is 7. The molecular weight excluding hydrogens is 510 g/mol. The molecule has 0 aliphatic carbocycles. The van der Waals surface area contributed by atoms with Crippen LogP contribution in [-0.2, 0) is 37.8 Å². The number of nitrogens with zero attached hydrogens (tertiary/aromatic N) is 1. The van der Waals surface area contributed by atoms with Crippen LogP contribution in [0.5, 0.6) is 5.75 Å². The van der Waals surface area contributed by atoms with Crippen LogP contribution >= 0.6 is 0 Å². The third kappa shape index (κ3) is 8.30. The molecule has 0 aliphatic heterocycles. The number of para-hydroxylation sites is 1. The number of fused-ring (bicyclic) bond motifs is 1. The number of likely N-dealkylation sites (N-methyl/N-ethyl adjacent to an activating group) is 1. The van der Waals surface area contributed by atoms with Gasteiger partial charge in [0.15, 0.2) is 0 Å². The van der Waals surface area contributed by atoms with Crippen molar-refractivity contribution in [1.82, 2.24) is 15.2 Å². The second-order valence-electron chi connectivity index (χ2n) is 9.62. The molecule has 1 amide bonds. The number of nitrogens with one attached hydrogen (secondary N) is 2. The van der Waals surface area contributed by atoms with E-state index in [9.17, 15) is 18.0 Å². The van der Waals surface area contributed by atoms with Gasteiger partial charge in [-0.05, 0) is 55.8 Å². The summed E-state index contributed by atoms with van der Waals surface area (Å²) in [7, 11) is -0.949. The standard InChI is InChI=1S/C27H35N3O7S/c1-5-18(2)14-25(30(3)4)26(31)29-24(15-20-16-28-23-9-7-6-8-22(20)23)27(32)36-17-19-10-12-21(13-11-19)37-38(33,34)35/h6-13,16,18,24-25,28H,5,14-15,17H2,1-4H3,(H,29,31)(H,33,34,35)/t18-,24-,25-/m0/s1. The molecule has 3 N–H and O–H groups in total. The van der Waals surface area contributed by atoms with Gasteiger partial charge in [0.05, 0.1) is 6.04 Å². The average molecular weight is 546 g/mol. The minimum atomic E-state index is -4.63. The highest BCUT2D eigenvalue weighted by Gasteiger charge is 2.29. The zero-order chi connectivity index (χ0) is 27.9. The fraction of sp³-hybridized carbons (Fsp3) is 0.407. The van der Waals surface area contributed by atoms with Gasteiger partial charge in [0.2, 0.25) is 5.91 Å². The lowest BCUT2D eigenvalue weighted by Gasteiger charge is -2.28. The zero-order valence-corrected chi connectivity index (χ0v) is 22.8. The van der Waals surface area contributed by atoms with E-state index in [2.05, 4.69) is 28.3 Å². The van der Waals surface area contributed by atoms with Gasteiger partial charge in [-0.25, -0.2) is 4.79 Å².